The van der Waals surface area contributed by atoms with E-state index in [1.54, 1.807) is 24.3 Å². The first-order valence-corrected chi connectivity index (χ1v) is 11.4. The molecule has 0 saturated heterocycles. The first-order chi connectivity index (χ1) is 16.3. The second-order valence-corrected chi connectivity index (χ2v) is 8.74. The highest BCUT2D eigenvalue weighted by Gasteiger charge is 2.26. The number of carboxylic acids is 1. The zero-order valence-corrected chi connectivity index (χ0v) is 19.8. The lowest BCUT2D eigenvalue weighted by atomic mass is 10.1. The van der Waals surface area contributed by atoms with Crippen molar-refractivity contribution >= 4 is 21.5 Å². The predicted molar refractivity (Wildman–Crippen MR) is 123 cm³/mol. The molecule has 0 spiro atoms. The zero-order chi connectivity index (χ0) is 24.9. The summed E-state index contributed by atoms with van der Waals surface area (Å²) in [4.78, 5) is 16.1. The van der Waals surface area contributed by atoms with Crippen LogP contribution in [0.15, 0.2) is 58.6 Å². The fourth-order valence-electron chi connectivity index (χ4n) is 3.35. The van der Waals surface area contributed by atoms with Crippen molar-refractivity contribution in [3.63, 3.8) is 0 Å². The van der Waals surface area contributed by atoms with Gasteiger partial charge in [0.1, 0.15) is 5.75 Å². The summed E-state index contributed by atoms with van der Waals surface area (Å²) in [6.07, 6.45) is 1.37. The Hall–Kier alpha value is -3.99. The first kappa shape index (κ1) is 24.6. The molecule has 0 aliphatic rings. The largest absolute Gasteiger partial charge is 0.497 e. The number of hydrogen-bond donors (Lipinski definition) is 2. The van der Waals surface area contributed by atoms with Crippen LogP contribution in [0.2, 0.25) is 0 Å². The highest BCUT2D eigenvalue weighted by atomic mass is 32.2. The lowest BCUT2D eigenvalue weighted by Gasteiger charge is -2.19. The minimum Gasteiger partial charge on any atom is -0.497 e. The number of aromatic carboxylic acids is 1. The molecule has 11 heteroatoms. The molecular formula is C23H24N2O8S. The molecular weight excluding hydrogens is 464 g/mol. The smallest absolute Gasteiger partial charge is 0.338 e. The molecule has 0 atom stereocenters. The monoisotopic (exact) mass is 488 g/mol. The minimum atomic E-state index is -3.96. The summed E-state index contributed by atoms with van der Waals surface area (Å²) in [6.45, 7) is -0.0648. The van der Waals surface area contributed by atoms with Gasteiger partial charge >= 0.3 is 5.97 Å². The van der Waals surface area contributed by atoms with E-state index in [2.05, 4.69) is 10.3 Å². The average molecular weight is 489 g/mol. The molecule has 2 aromatic carbocycles. The molecule has 0 bridgehead atoms. The summed E-state index contributed by atoms with van der Waals surface area (Å²) in [5.41, 5.74) is 0.286. The molecule has 1 heterocycles. The number of pyridine rings is 1. The number of anilines is 1. The fourth-order valence-corrected chi connectivity index (χ4v) is 4.75. The molecule has 10 nitrogen and oxygen atoms in total. The van der Waals surface area contributed by atoms with Crippen molar-refractivity contribution in [2.45, 2.75) is 16.5 Å². The Morgan fingerprint density at radius 2 is 1.65 bits per heavy atom. The molecule has 0 unspecified atom stereocenters. The number of sulfone groups is 1. The van der Waals surface area contributed by atoms with E-state index in [1.807, 2.05) is 0 Å². The molecule has 3 aromatic rings. The maximum Gasteiger partial charge on any atom is 0.338 e. The van der Waals surface area contributed by atoms with Crippen LogP contribution in [0.3, 0.4) is 0 Å². The number of rotatable bonds is 10. The average Bonchev–Trinajstić information content (AvgIpc) is 2.86. The third kappa shape index (κ3) is 4.69. The van der Waals surface area contributed by atoms with Crippen LogP contribution in [0, 0.1) is 0 Å². The number of nitrogens with zero attached hydrogens (tertiary/aromatic N) is 1. The number of methoxy groups -OCH3 is 4. The standard InChI is InChI=1S/C23H24N2O8S/c1-30-15-7-9-16(10-8-15)34(28,29)22-14(6-5-11-24-22)13-25-19-17(23(26)27)12-18(31-2)20(32-3)21(19)33-4/h5-12,25H,13H2,1-4H3,(H,26,27). The third-order valence-electron chi connectivity index (χ3n) is 4.99. The first-order valence-electron chi connectivity index (χ1n) is 9.91. The highest BCUT2D eigenvalue weighted by Crippen LogP contribution is 2.45. The Kier molecular flexibility index (Phi) is 7.47. The van der Waals surface area contributed by atoms with Crippen LogP contribution in [-0.4, -0.2) is 52.9 Å². The molecule has 180 valence electrons. The fraction of sp³-hybridized carbons (Fsp3) is 0.217. The number of hydrogen-bond acceptors (Lipinski definition) is 9. The number of carbonyl (C=O) groups is 1. The van der Waals surface area contributed by atoms with Crippen LogP contribution in [0.25, 0.3) is 0 Å². The molecule has 0 radical (unpaired) electrons. The van der Waals surface area contributed by atoms with Gasteiger partial charge in [0.2, 0.25) is 15.6 Å². The van der Waals surface area contributed by atoms with E-state index in [9.17, 15) is 18.3 Å². The number of nitrogens with one attached hydrogen (secondary N) is 1. The third-order valence-corrected chi connectivity index (χ3v) is 6.76. The lowest BCUT2D eigenvalue weighted by molar-refractivity contribution is 0.0697. The number of ether oxygens (including phenoxy) is 4. The van der Waals surface area contributed by atoms with E-state index >= 15 is 0 Å². The van der Waals surface area contributed by atoms with E-state index < -0.39 is 15.8 Å². The van der Waals surface area contributed by atoms with Gasteiger partial charge in [-0.1, -0.05) is 6.07 Å². The maximum atomic E-state index is 13.3. The molecule has 34 heavy (non-hydrogen) atoms. The van der Waals surface area contributed by atoms with Crippen LogP contribution in [-0.2, 0) is 16.4 Å². The second-order valence-electron chi connectivity index (χ2n) is 6.87. The second kappa shape index (κ2) is 10.3. The summed E-state index contributed by atoms with van der Waals surface area (Å²) in [6, 6.07) is 10.4. The molecule has 0 aliphatic heterocycles. The van der Waals surface area contributed by atoms with Gasteiger partial charge in [0.25, 0.3) is 0 Å². The van der Waals surface area contributed by atoms with Gasteiger partial charge in [-0.15, -0.1) is 0 Å². The van der Waals surface area contributed by atoms with E-state index in [-0.39, 0.29) is 45.0 Å². The SMILES string of the molecule is COc1ccc(S(=O)(=O)c2ncccc2CNc2c(C(=O)O)cc(OC)c(OC)c2OC)cc1. The van der Waals surface area contributed by atoms with E-state index in [0.717, 1.165) is 0 Å². The normalized spacial score (nSPS) is 10.9. The molecule has 0 fully saturated rings. The van der Waals surface area contributed by atoms with Gasteiger partial charge in [0.15, 0.2) is 16.5 Å². The zero-order valence-electron chi connectivity index (χ0n) is 19.0. The molecule has 0 amide bonds. The van der Waals surface area contributed by atoms with Crippen LogP contribution in [0.1, 0.15) is 15.9 Å². The van der Waals surface area contributed by atoms with Crippen molar-refractivity contribution in [3.8, 4) is 23.0 Å². The Balaban J connectivity index is 2.04. The maximum absolute atomic E-state index is 13.3. The topological polar surface area (TPSA) is 133 Å². The summed E-state index contributed by atoms with van der Waals surface area (Å²) in [7, 11) is 1.65. The lowest BCUT2D eigenvalue weighted by Crippen LogP contribution is -2.13. The Morgan fingerprint density at radius 1 is 0.971 bits per heavy atom. The molecule has 0 saturated carbocycles. The summed E-state index contributed by atoms with van der Waals surface area (Å²) in [5.74, 6) is -0.258. The van der Waals surface area contributed by atoms with E-state index in [1.165, 1.54) is 52.8 Å². The van der Waals surface area contributed by atoms with Crippen molar-refractivity contribution in [1.29, 1.82) is 0 Å². The number of carboxylic acid groups (broad SMARTS) is 1. The van der Waals surface area contributed by atoms with Crippen molar-refractivity contribution in [2.75, 3.05) is 33.8 Å². The van der Waals surface area contributed by atoms with Crippen LogP contribution in [0.5, 0.6) is 23.0 Å². The van der Waals surface area contributed by atoms with E-state index in [0.29, 0.717) is 11.3 Å². The van der Waals surface area contributed by atoms with Crippen LogP contribution >= 0.6 is 0 Å². The van der Waals surface area contributed by atoms with Gasteiger partial charge in [-0.3, -0.25) is 0 Å². The molecule has 0 aliphatic carbocycles. The van der Waals surface area contributed by atoms with Crippen molar-refractivity contribution in [2.24, 2.45) is 0 Å². The Morgan fingerprint density at radius 3 is 2.21 bits per heavy atom. The summed E-state index contributed by atoms with van der Waals surface area (Å²) in [5, 5.41) is 12.5. The molecule has 1 aromatic heterocycles. The van der Waals surface area contributed by atoms with E-state index in [4.69, 9.17) is 18.9 Å². The quantitative estimate of drug-likeness (QED) is 0.438. The number of aromatic nitrogens is 1. The summed E-state index contributed by atoms with van der Waals surface area (Å²) < 4.78 is 47.6. The van der Waals surface area contributed by atoms with Crippen molar-refractivity contribution in [1.82, 2.24) is 4.98 Å². The number of benzene rings is 2. The van der Waals surface area contributed by atoms with Crippen molar-refractivity contribution in [3.05, 3.63) is 59.8 Å². The van der Waals surface area contributed by atoms with Crippen LogP contribution in [0.4, 0.5) is 5.69 Å². The van der Waals surface area contributed by atoms with Crippen molar-refractivity contribution < 1.29 is 37.3 Å². The van der Waals surface area contributed by atoms with Gasteiger partial charge in [0.05, 0.1) is 44.6 Å². The van der Waals surface area contributed by atoms with Crippen LogP contribution < -0.4 is 24.3 Å². The van der Waals surface area contributed by atoms with Gasteiger partial charge in [-0.2, -0.15) is 0 Å². The van der Waals surface area contributed by atoms with Gasteiger partial charge in [0, 0.05) is 24.4 Å². The summed E-state index contributed by atoms with van der Waals surface area (Å²) >= 11 is 0. The van der Waals surface area contributed by atoms with Gasteiger partial charge < -0.3 is 29.4 Å². The molecule has 2 N–H and O–H groups in total. The highest BCUT2D eigenvalue weighted by molar-refractivity contribution is 7.91. The Bertz CT molecular complexity index is 1290. The Labute approximate surface area is 197 Å². The predicted octanol–water partition coefficient (Wildman–Crippen LogP) is 3.26. The molecule has 3 rings (SSSR count). The minimum absolute atomic E-state index is 0.0446. The van der Waals surface area contributed by atoms with Gasteiger partial charge in [-0.25, -0.2) is 18.2 Å². The van der Waals surface area contributed by atoms with Gasteiger partial charge in [-0.05, 0) is 30.3 Å².